The molecule has 2 aromatic rings. The van der Waals surface area contributed by atoms with E-state index >= 15 is 0 Å². The van der Waals surface area contributed by atoms with Crippen LogP contribution in [-0.4, -0.2) is 24.6 Å². The van der Waals surface area contributed by atoms with Crippen LogP contribution < -0.4 is 10.0 Å². The van der Waals surface area contributed by atoms with Gasteiger partial charge in [0.2, 0.25) is 16.0 Å². The second-order valence-corrected chi connectivity index (χ2v) is 7.60. The molecule has 0 saturated carbocycles. The molecule has 23 heavy (non-hydrogen) atoms. The average Bonchev–Trinajstić information content (AvgIpc) is 2.50. The molecule has 122 valence electrons. The van der Waals surface area contributed by atoms with Crippen molar-refractivity contribution in [1.82, 2.24) is 9.97 Å². The summed E-state index contributed by atoms with van der Waals surface area (Å²) in [6.45, 7) is 1.86. The predicted octanol–water partition coefficient (Wildman–Crippen LogP) is 2.78. The number of aryl methyl sites for hydroxylation is 2. The molecular weight excluding hydrogens is 312 g/mol. The molecule has 3 rings (SSSR count). The molecule has 0 amide bonds. The van der Waals surface area contributed by atoms with Crippen LogP contribution in [0, 0.1) is 6.92 Å². The number of benzene rings is 1. The van der Waals surface area contributed by atoms with Crippen molar-refractivity contribution < 1.29 is 8.42 Å². The van der Waals surface area contributed by atoms with Crippen LogP contribution in [0.15, 0.2) is 24.4 Å². The van der Waals surface area contributed by atoms with Crippen molar-refractivity contribution in [3.63, 3.8) is 0 Å². The smallest absolute Gasteiger partial charge is 0.229 e. The van der Waals surface area contributed by atoms with Gasteiger partial charge in [-0.2, -0.15) is 0 Å². The van der Waals surface area contributed by atoms with E-state index in [1.807, 2.05) is 19.2 Å². The summed E-state index contributed by atoms with van der Waals surface area (Å²) in [5.41, 5.74) is 4.48. The fraction of sp³-hybridized carbons (Fsp3) is 0.375. The summed E-state index contributed by atoms with van der Waals surface area (Å²) < 4.78 is 25.4. The van der Waals surface area contributed by atoms with E-state index in [9.17, 15) is 8.42 Å². The third-order valence-electron chi connectivity index (χ3n) is 3.94. The van der Waals surface area contributed by atoms with Crippen LogP contribution in [0.5, 0.6) is 0 Å². The first kappa shape index (κ1) is 15.7. The highest BCUT2D eigenvalue weighted by Gasteiger charge is 2.13. The van der Waals surface area contributed by atoms with E-state index in [1.165, 1.54) is 12.0 Å². The van der Waals surface area contributed by atoms with Gasteiger partial charge in [0.15, 0.2) is 0 Å². The zero-order valence-corrected chi connectivity index (χ0v) is 14.1. The molecule has 0 aliphatic heterocycles. The Hall–Kier alpha value is -2.15. The molecule has 1 aliphatic rings. The van der Waals surface area contributed by atoms with Gasteiger partial charge in [0.05, 0.1) is 11.9 Å². The van der Waals surface area contributed by atoms with Crippen LogP contribution in [0.1, 0.15) is 29.7 Å². The lowest BCUT2D eigenvalue weighted by molar-refractivity contribution is 0.607. The lowest BCUT2D eigenvalue weighted by atomic mass is 9.98. The van der Waals surface area contributed by atoms with E-state index in [2.05, 4.69) is 20.0 Å². The highest BCUT2D eigenvalue weighted by atomic mass is 32.2. The van der Waals surface area contributed by atoms with Gasteiger partial charge in [0.25, 0.3) is 0 Å². The summed E-state index contributed by atoms with van der Waals surface area (Å²) in [6.07, 6.45) is 7.41. The Labute approximate surface area is 136 Å². The van der Waals surface area contributed by atoms with Crippen LogP contribution in [0.4, 0.5) is 17.3 Å². The molecular formula is C16H20N4O2S. The maximum atomic E-state index is 11.4. The first-order chi connectivity index (χ1) is 10.9. The lowest BCUT2D eigenvalue weighted by Crippen LogP contribution is -2.12. The minimum Gasteiger partial charge on any atom is -0.324 e. The van der Waals surface area contributed by atoms with Gasteiger partial charge in [0, 0.05) is 17.6 Å². The van der Waals surface area contributed by atoms with E-state index in [0.717, 1.165) is 42.5 Å². The van der Waals surface area contributed by atoms with Crippen molar-refractivity contribution in [2.75, 3.05) is 16.3 Å². The van der Waals surface area contributed by atoms with Gasteiger partial charge in [-0.15, -0.1) is 0 Å². The summed E-state index contributed by atoms with van der Waals surface area (Å²) in [7, 11) is -3.31. The molecule has 1 aliphatic carbocycles. The summed E-state index contributed by atoms with van der Waals surface area (Å²) >= 11 is 0. The van der Waals surface area contributed by atoms with Crippen molar-refractivity contribution in [3.8, 4) is 0 Å². The minimum atomic E-state index is -3.31. The van der Waals surface area contributed by atoms with Crippen LogP contribution in [0.2, 0.25) is 0 Å². The standard InChI is InChI=1S/C16H20N4O2S/c1-11-13(8-5-9-14(11)20-23(2,21)22)18-16-17-10-12-6-3-4-7-15(12)19-16/h5,8-10,20H,3-4,6-7H2,1-2H3,(H,17,18,19). The third kappa shape index (κ3) is 3.79. The van der Waals surface area contributed by atoms with Crippen LogP contribution >= 0.6 is 0 Å². The molecule has 0 spiro atoms. The molecule has 1 aromatic carbocycles. The minimum absolute atomic E-state index is 0.547. The van der Waals surface area contributed by atoms with Crippen molar-refractivity contribution in [2.45, 2.75) is 32.6 Å². The van der Waals surface area contributed by atoms with E-state index in [1.54, 1.807) is 12.1 Å². The Bertz CT molecular complexity index is 834. The number of fused-ring (bicyclic) bond motifs is 1. The molecule has 7 heteroatoms. The van der Waals surface area contributed by atoms with Gasteiger partial charge in [-0.3, -0.25) is 4.72 Å². The fourth-order valence-corrected chi connectivity index (χ4v) is 3.36. The zero-order chi connectivity index (χ0) is 16.4. The molecule has 1 aromatic heterocycles. The molecule has 0 saturated heterocycles. The molecule has 2 N–H and O–H groups in total. The first-order valence-corrected chi connectivity index (χ1v) is 9.51. The second-order valence-electron chi connectivity index (χ2n) is 5.85. The summed E-state index contributed by atoms with van der Waals surface area (Å²) in [5, 5.41) is 3.19. The van der Waals surface area contributed by atoms with Gasteiger partial charge >= 0.3 is 0 Å². The van der Waals surface area contributed by atoms with Crippen molar-refractivity contribution >= 4 is 27.3 Å². The Morgan fingerprint density at radius 3 is 2.65 bits per heavy atom. The Balaban J connectivity index is 1.87. The van der Waals surface area contributed by atoms with Gasteiger partial charge in [-0.1, -0.05) is 6.07 Å². The van der Waals surface area contributed by atoms with Gasteiger partial charge in [0.1, 0.15) is 0 Å². The van der Waals surface area contributed by atoms with E-state index in [-0.39, 0.29) is 0 Å². The van der Waals surface area contributed by atoms with Gasteiger partial charge < -0.3 is 5.32 Å². The van der Waals surface area contributed by atoms with Crippen LogP contribution in [0.25, 0.3) is 0 Å². The number of nitrogens with zero attached hydrogens (tertiary/aromatic N) is 2. The predicted molar refractivity (Wildman–Crippen MR) is 91.6 cm³/mol. The summed E-state index contributed by atoms with van der Waals surface area (Å²) in [4.78, 5) is 8.96. The summed E-state index contributed by atoms with van der Waals surface area (Å²) in [5.74, 6) is 0.547. The second kappa shape index (κ2) is 6.16. The van der Waals surface area contributed by atoms with Crippen molar-refractivity contribution in [2.24, 2.45) is 0 Å². The normalized spacial score (nSPS) is 14.2. The molecule has 0 bridgehead atoms. The topological polar surface area (TPSA) is 84.0 Å². The van der Waals surface area contributed by atoms with Crippen molar-refractivity contribution in [3.05, 3.63) is 41.2 Å². The number of hydrogen-bond acceptors (Lipinski definition) is 5. The van der Waals surface area contributed by atoms with Gasteiger partial charge in [-0.25, -0.2) is 18.4 Å². The Morgan fingerprint density at radius 1 is 1.13 bits per heavy atom. The molecule has 0 fully saturated rings. The number of hydrogen-bond donors (Lipinski definition) is 2. The number of rotatable bonds is 4. The van der Waals surface area contributed by atoms with Crippen molar-refractivity contribution in [1.29, 1.82) is 0 Å². The number of anilines is 3. The van der Waals surface area contributed by atoms with E-state index in [0.29, 0.717) is 11.6 Å². The fourth-order valence-electron chi connectivity index (χ4n) is 2.74. The largest absolute Gasteiger partial charge is 0.324 e. The zero-order valence-electron chi connectivity index (χ0n) is 13.3. The van der Waals surface area contributed by atoms with E-state index in [4.69, 9.17) is 0 Å². The quantitative estimate of drug-likeness (QED) is 0.899. The maximum Gasteiger partial charge on any atom is 0.229 e. The highest BCUT2D eigenvalue weighted by molar-refractivity contribution is 7.92. The van der Waals surface area contributed by atoms with Crippen LogP contribution in [-0.2, 0) is 22.9 Å². The highest BCUT2D eigenvalue weighted by Crippen LogP contribution is 2.27. The molecule has 0 unspecified atom stereocenters. The SMILES string of the molecule is Cc1c(Nc2ncc3c(n2)CCCC3)cccc1NS(C)(=O)=O. The number of nitrogens with one attached hydrogen (secondary N) is 2. The number of aromatic nitrogens is 2. The molecule has 0 atom stereocenters. The molecule has 0 radical (unpaired) electrons. The average molecular weight is 332 g/mol. The van der Waals surface area contributed by atoms with Gasteiger partial charge in [-0.05, 0) is 55.9 Å². The van der Waals surface area contributed by atoms with E-state index < -0.39 is 10.0 Å². The maximum absolute atomic E-state index is 11.4. The third-order valence-corrected chi connectivity index (χ3v) is 4.53. The molecule has 1 heterocycles. The molecule has 6 nitrogen and oxygen atoms in total. The van der Waals surface area contributed by atoms with Crippen LogP contribution in [0.3, 0.4) is 0 Å². The Morgan fingerprint density at radius 2 is 1.87 bits per heavy atom. The lowest BCUT2D eigenvalue weighted by Gasteiger charge is -2.16. The first-order valence-electron chi connectivity index (χ1n) is 7.61. The Kier molecular flexibility index (Phi) is 4.21. The number of sulfonamides is 1. The summed E-state index contributed by atoms with van der Waals surface area (Å²) in [6, 6.07) is 5.40. The monoisotopic (exact) mass is 332 g/mol.